The molecule has 1 aromatic carbocycles. The zero-order valence-corrected chi connectivity index (χ0v) is 16.0. The Kier molecular flexibility index (Phi) is 5.82. The first-order valence-electron chi connectivity index (χ1n) is 7.64. The van der Waals surface area contributed by atoms with Crippen LogP contribution in [0.4, 0.5) is 5.82 Å². The van der Waals surface area contributed by atoms with Crippen molar-refractivity contribution in [3.05, 3.63) is 52.7 Å². The van der Waals surface area contributed by atoms with Gasteiger partial charge in [0.15, 0.2) is 0 Å². The Bertz CT molecular complexity index is 898. The van der Waals surface area contributed by atoms with Gasteiger partial charge in [-0.2, -0.15) is 4.31 Å². The van der Waals surface area contributed by atoms with Crippen LogP contribution < -0.4 is 5.32 Å². The van der Waals surface area contributed by atoms with Crippen LogP contribution in [0.5, 0.6) is 0 Å². The number of halogens is 1. The number of amides is 1. The fourth-order valence-corrected chi connectivity index (χ4v) is 3.67. The SMILES string of the molecule is Cc1ccnc(NC(=O)c2cc(S(=O)(=O)N(C)C(C)C)ccc2Cl)c1. The van der Waals surface area contributed by atoms with Crippen LogP contribution >= 0.6 is 11.6 Å². The second kappa shape index (κ2) is 7.51. The minimum atomic E-state index is -3.71. The smallest absolute Gasteiger partial charge is 0.258 e. The van der Waals surface area contributed by atoms with Crippen LogP contribution in [-0.4, -0.2) is 36.7 Å². The van der Waals surface area contributed by atoms with E-state index in [1.165, 1.54) is 29.6 Å². The Hall–Kier alpha value is -1.96. The normalized spacial score (nSPS) is 11.8. The van der Waals surface area contributed by atoms with E-state index in [0.29, 0.717) is 5.82 Å². The zero-order chi connectivity index (χ0) is 18.8. The number of carbonyl (C=O) groups is 1. The van der Waals surface area contributed by atoms with E-state index >= 15 is 0 Å². The van der Waals surface area contributed by atoms with Crippen molar-refractivity contribution in [2.75, 3.05) is 12.4 Å². The molecule has 2 rings (SSSR count). The number of hydrogen-bond acceptors (Lipinski definition) is 4. The molecule has 1 N–H and O–H groups in total. The predicted molar refractivity (Wildman–Crippen MR) is 98.5 cm³/mol. The van der Waals surface area contributed by atoms with Crippen LogP contribution in [0.2, 0.25) is 5.02 Å². The van der Waals surface area contributed by atoms with Gasteiger partial charge in [-0.25, -0.2) is 13.4 Å². The van der Waals surface area contributed by atoms with Gasteiger partial charge in [-0.05, 0) is 56.7 Å². The van der Waals surface area contributed by atoms with Crippen molar-refractivity contribution < 1.29 is 13.2 Å². The minimum absolute atomic E-state index is 0.00968. The monoisotopic (exact) mass is 381 g/mol. The minimum Gasteiger partial charge on any atom is -0.307 e. The Morgan fingerprint density at radius 3 is 2.52 bits per heavy atom. The molecule has 1 heterocycles. The highest BCUT2D eigenvalue weighted by Crippen LogP contribution is 2.24. The summed E-state index contributed by atoms with van der Waals surface area (Å²) in [6.07, 6.45) is 1.57. The molecule has 25 heavy (non-hydrogen) atoms. The summed E-state index contributed by atoms with van der Waals surface area (Å²) in [6, 6.07) is 7.37. The molecule has 0 atom stereocenters. The van der Waals surface area contributed by atoms with E-state index < -0.39 is 15.9 Å². The molecule has 0 bridgehead atoms. The predicted octanol–water partition coefficient (Wildman–Crippen LogP) is 3.32. The molecule has 8 heteroatoms. The van der Waals surface area contributed by atoms with Crippen molar-refractivity contribution in [2.24, 2.45) is 0 Å². The third-order valence-corrected chi connectivity index (χ3v) is 6.10. The van der Waals surface area contributed by atoms with Gasteiger partial charge in [-0.1, -0.05) is 11.6 Å². The maximum atomic E-state index is 12.6. The van der Waals surface area contributed by atoms with Gasteiger partial charge in [-0.15, -0.1) is 0 Å². The van der Waals surface area contributed by atoms with E-state index in [-0.39, 0.29) is 21.5 Å². The fraction of sp³-hybridized carbons (Fsp3) is 0.294. The Balaban J connectivity index is 2.37. The van der Waals surface area contributed by atoms with Crippen LogP contribution in [0.15, 0.2) is 41.4 Å². The van der Waals surface area contributed by atoms with E-state index in [2.05, 4.69) is 10.3 Å². The number of aryl methyl sites for hydroxylation is 1. The van der Waals surface area contributed by atoms with Crippen molar-refractivity contribution in [2.45, 2.75) is 31.7 Å². The quantitative estimate of drug-likeness (QED) is 0.861. The van der Waals surface area contributed by atoms with E-state index in [9.17, 15) is 13.2 Å². The number of aromatic nitrogens is 1. The number of benzene rings is 1. The lowest BCUT2D eigenvalue weighted by molar-refractivity contribution is 0.102. The second-order valence-electron chi connectivity index (χ2n) is 5.93. The van der Waals surface area contributed by atoms with Crippen molar-refractivity contribution in [1.29, 1.82) is 0 Å². The molecule has 0 spiro atoms. The average molecular weight is 382 g/mol. The molecule has 1 amide bonds. The molecule has 0 aliphatic carbocycles. The van der Waals surface area contributed by atoms with Gasteiger partial charge < -0.3 is 5.32 Å². The standard InChI is InChI=1S/C17H20ClN3O3S/c1-11(2)21(4)25(23,24)13-5-6-15(18)14(10-13)17(22)20-16-9-12(3)7-8-19-16/h5-11H,1-4H3,(H,19,20,22). The van der Waals surface area contributed by atoms with Gasteiger partial charge in [0.1, 0.15) is 5.82 Å². The van der Waals surface area contributed by atoms with Crippen LogP contribution in [0.3, 0.4) is 0 Å². The van der Waals surface area contributed by atoms with Gasteiger partial charge in [-0.3, -0.25) is 4.79 Å². The van der Waals surface area contributed by atoms with Gasteiger partial charge in [0, 0.05) is 19.3 Å². The third-order valence-electron chi connectivity index (χ3n) is 3.74. The van der Waals surface area contributed by atoms with Crippen molar-refractivity contribution >= 4 is 33.3 Å². The molecule has 0 fully saturated rings. The molecule has 0 aliphatic rings. The number of anilines is 1. The highest BCUT2D eigenvalue weighted by Gasteiger charge is 2.25. The van der Waals surface area contributed by atoms with Crippen molar-refractivity contribution in [1.82, 2.24) is 9.29 Å². The number of nitrogens with zero attached hydrogens (tertiary/aromatic N) is 2. The Morgan fingerprint density at radius 2 is 1.92 bits per heavy atom. The average Bonchev–Trinajstić information content (AvgIpc) is 2.54. The van der Waals surface area contributed by atoms with E-state index in [1.54, 1.807) is 32.2 Å². The Labute approximate surface area is 152 Å². The molecule has 1 aromatic heterocycles. The number of sulfonamides is 1. The highest BCUT2D eigenvalue weighted by atomic mass is 35.5. The number of rotatable bonds is 5. The van der Waals surface area contributed by atoms with E-state index in [1.807, 2.05) is 6.92 Å². The summed E-state index contributed by atoms with van der Waals surface area (Å²) in [6.45, 7) is 5.41. The first-order chi connectivity index (χ1) is 11.6. The summed E-state index contributed by atoms with van der Waals surface area (Å²) in [5, 5.41) is 2.79. The lowest BCUT2D eigenvalue weighted by Crippen LogP contribution is -2.33. The zero-order valence-electron chi connectivity index (χ0n) is 14.4. The molecular formula is C17H20ClN3O3S. The van der Waals surface area contributed by atoms with Gasteiger partial charge in [0.2, 0.25) is 10.0 Å². The van der Waals surface area contributed by atoms with Crippen molar-refractivity contribution in [3.8, 4) is 0 Å². The summed E-state index contributed by atoms with van der Waals surface area (Å²) in [5.41, 5.74) is 1.01. The van der Waals surface area contributed by atoms with Gasteiger partial charge >= 0.3 is 0 Å². The maximum Gasteiger partial charge on any atom is 0.258 e. The number of pyridine rings is 1. The molecule has 0 saturated carbocycles. The first-order valence-corrected chi connectivity index (χ1v) is 9.46. The molecule has 6 nitrogen and oxygen atoms in total. The molecule has 2 aromatic rings. The first kappa shape index (κ1) is 19.4. The number of carbonyl (C=O) groups excluding carboxylic acids is 1. The lowest BCUT2D eigenvalue weighted by atomic mass is 10.2. The van der Waals surface area contributed by atoms with E-state index in [0.717, 1.165) is 5.56 Å². The summed E-state index contributed by atoms with van der Waals surface area (Å²) in [4.78, 5) is 16.6. The molecule has 0 saturated heterocycles. The van der Waals surface area contributed by atoms with Crippen LogP contribution in [0, 0.1) is 6.92 Å². The third kappa shape index (κ3) is 4.36. The topological polar surface area (TPSA) is 79.4 Å². The van der Waals surface area contributed by atoms with Crippen LogP contribution in [0.1, 0.15) is 29.8 Å². The maximum absolute atomic E-state index is 12.6. The lowest BCUT2D eigenvalue weighted by Gasteiger charge is -2.21. The Morgan fingerprint density at radius 1 is 1.24 bits per heavy atom. The summed E-state index contributed by atoms with van der Waals surface area (Å²) in [5.74, 6) is -0.152. The molecule has 0 aliphatic heterocycles. The highest BCUT2D eigenvalue weighted by molar-refractivity contribution is 7.89. The number of nitrogens with one attached hydrogen (secondary N) is 1. The van der Waals surface area contributed by atoms with Crippen molar-refractivity contribution in [3.63, 3.8) is 0 Å². The van der Waals surface area contributed by atoms with E-state index in [4.69, 9.17) is 11.6 Å². The van der Waals surface area contributed by atoms with Gasteiger partial charge in [0.25, 0.3) is 5.91 Å². The molecule has 0 unspecified atom stereocenters. The largest absolute Gasteiger partial charge is 0.307 e. The summed E-state index contributed by atoms with van der Waals surface area (Å²) >= 11 is 6.09. The molecule has 134 valence electrons. The van der Waals surface area contributed by atoms with Crippen LogP contribution in [0.25, 0.3) is 0 Å². The fourth-order valence-electron chi connectivity index (χ4n) is 2.07. The van der Waals surface area contributed by atoms with Crippen LogP contribution in [-0.2, 0) is 10.0 Å². The summed E-state index contributed by atoms with van der Waals surface area (Å²) in [7, 11) is -2.22. The second-order valence-corrected chi connectivity index (χ2v) is 8.33. The molecular weight excluding hydrogens is 362 g/mol. The van der Waals surface area contributed by atoms with Gasteiger partial charge in [0.05, 0.1) is 15.5 Å². The number of hydrogen-bond donors (Lipinski definition) is 1. The molecule has 0 radical (unpaired) electrons. The summed E-state index contributed by atoms with van der Waals surface area (Å²) < 4.78 is 26.4.